The van der Waals surface area contributed by atoms with Crippen molar-refractivity contribution in [2.24, 2.45) is 5.73 Å². The van der Waals surface area contributed by atoms with Crippen LogP contribution in [0, 0.1) is 0 Å². The summed E-state index contributed by atoms with van der Waals surface area (Å²) in [4.78, 5) is 10.5. The molecule has 3 aromatic rings. The van der Waals surface area contributed by atoms with Gasteiger partial charge in [0.2, 0.25) is 0 Å². The molecule has 1 atom stereocenters. The molecular weight excluding hydrogens is 392 g/mol. The highest BCUT2D eigenvalue weighted by molar-refractivity contribution is 5.59. The summed E-state index contributed by atoms with van der Waals surface area (Å²) in [7, 11) is 0. The van der Waals surface area contributed by atoms with Crippen LogP contribution in [0.25, 0.3) is 0 Å². The van der Waals surface area contributed by atoms with Crippen LogP contribution >= 0.6 is 0 Å². The Kier molecular flexibility index (Phi) is 10.2. The van der Waals surface area contributed by atoms with Gasteiger partial charge in [-0.1, -0.05) is 84.9 Å². The Labute approximate surface area is 193 Å². The molecule has 0 bridgehead atoms. The van der Waals surface area contributed by atoms with E-state index in [4.69, 9.17) is 5.73 Å². The molecule has 0 saturated carbocycles. The summed E-state index contributed by atoms with van der Waals surface area (Å²) in [5, 5.41) is 3.16. The number of carbonyl (C=O) groups excluding carboxylic acids is 1. The number of fused-ring (bicyclic) bond motifs is 1. The van der Waals surface area contributed by atoms with E-state index in [1.165, 1.54) is 35.1 Å². The number of benzene rings is 3. The lowest BCUT2D eigenvalue weighted by atomic mass is 9.97. The van der Waals surface area contributed by atoms with Crippen molar-refractivity contribution in [2.45, 2.75) is 63.6 Å². The number of carbonyl (C=O) groups is 1. The van der Waals surface area contributed by atoms with E-state index in [0.717, 1.165) is 44.9 Å². The average molecular weight is 429 g/mol. The lowest BCUT2D eigenvalue weighted by molar-refractivity contribution is -0.109. The quantitative estimate of drug-likeness (QED) is 0.457. The highest BCUT2D eigenvalue weighted by atomic mass is 16.1. The SMILES string of the molecule is NC(CCCc1ccccc1)CCCc1ccccc1.O=CC1Cc2ccccc2CN1. The van der Waals surface area contributed by atoms with E-state index in [2.05, 4.69) is 78.1 Å². The molecule has 0 amide bonds. The van der Waals surface area contributed by atoms with E-state index in [9.17, 15) is 4.79 Å². The van der Waals surface area contributed by atoms with Crippen molar-refractivity contribution >= 4 is 6.29 Å². The molecule has 3 N–H and O–H groups in total. The highest BCUT2D eigenvalue weighted by Crippen LogP contribution is 2.15. The molecule has 3 heteroatoms. The van der Waals surface area contributed by atoms with Gasteiger partial charge in [0.15, 0.2) is 0 Å². The molecule has 1 unspecified atom stereocenters. The van der Waals surface area contributed by atoms with Gasteiger partial charge in [-0.15, -0.1) is 0 Å². The van der Waals surface area contributed by atoms with Crippen molar-refractivity contribution in [3.63, 3.8) is 0 Å². The lowest BCUT2D eigenvalue weighted by Gasteiger charge is -2.21. The Morgan fingerprint density at radius 3 is 1.81 bits per heavy atom. The minimum absolute atomic E-state index is 0.0138. The standard InChI is InChI=1S/C19H25N.C10H11NO/c20-19(15-7-13-17-9-3-1-4-10-17)16-8-14-18-11-5-2-6-12-18;12-7-10-5-8-3-1-2-4-9(8)6-11-10/h1-6,9-12,19H,7-8,13-16,20H2;1-4,7,10-11H,5-6H2. The number of nitrogens with one attached hydrogen (secondary N) is 1. The minimum Gasteiger partial charge on any atom is -0.328 e. The monoisotopic (exact) mass is 428 g/mol. The zero-order valence-electron chi connectivity index (χ0n) is 19.0. The topological polar surface area (TPSA) is 55.1 Å². The molecule has 0 spiro atoms. The zero-order chi connectivity index (χ0) is 22.4. The van der Waals surface area contributed by atoms with Crippen LogP contribution in [0.2, 0.25) is 0 Å². The molecule has 0 fully saturated rings. The van der Waals surface area contributed by atoms with Gasteiger partial charge in [-0.2, -0.15) is 0 Å². The summed E-state index contributed by atoms with van der Waals surface area (Å²) < 4.78 is 0. The van der Waals surface area contributed by atoms with Crippen LogP contribution < -0.4 is 11.1 Å². The highest BCUT2D eigenvalue weighted by Gasteiger charge is 2.15. The van der Waals surface area contributed by atoms with Crippen LogP contribution in [-0.4, -0.2) is 18.4 Å². The van der Waals surface area contributed by atoms with Crippen molar-refractivity contribution in [3.8, 4) is 0 Å². The summed E-state index contributed by atoms with van der Waals surface area (Å²) in [6.07, 6.45) is 8.75. The number of nitrogens with two attached hydrogens (primary N) is 1. The van der Waals surface area contributed by atoms with Crippen LogP contribution in [0.3, 0.4) is 0 Å². The first-order valence-electron chi connectivity index (χ1n) is 11.8. The van der Waals surface area contributed by atoms with E-state index >= 15 is 0 Å². The first-order chi connectivity index (χ1) is 15.7. The molecule has 0 aromatic heterocycles. The normalized spacial score (nSPS) is 14.9. The van der Waals surface area contributed by atoms with E-state index in [1.807, 2.05) is 12.1 Å². The fourth-order valence-electron chi connectivity index (χ4n) is 4.15. The molecule has 3 nitrogen and oxygen atoms in total. The maximum absolute atomic E-state index is 10.5. The fraction of sp³-hybridized carbons (Fsp3) is 0.345. The smallest absolute Gasteiger partial charge is 0.137 e. The molecule has 0 saturated heterocycles. The van der Waals surface area contributed by atoms with Gasteiger partial charge in [0.25, 0.3) is 0 Å². The third kappa shape index (κ3) is 8.41. The van der Waals surface area contributed by atoms with Gasteiger partial charge in [0, 0.05) is 12.6 Å². The van der Waals surface area contributed by atoms with Gasteiger partial charge in [0.1, 0.15) is 6.29 Å². The summed E-state index contributed by atoms with van der Waals surface area (Å²) >= 11 is 0. The molecular formula is C29H36N2O. The van der Waals surface area contributed by atoms with Crippen molar-refractivity contribution < 1.29 is 4.79 Å². The largest absolute Gasteiger partial charge is 0.328 e. The molecule has 1 heterocycles. The second-order valence-electron chi connectivity index (χ2n) is 8.61. The van der Waals surface area contributed by atoms with Gasteiger partial charge >= 0.3 is 0 Å². The fourth-order valence-corrected chi connectivity index (χ4v) is 4.15. The predicted molar refractivity (Wildman–Crippen MR) is 134 cm³/mol. The van der Waals surface area contributed by atoms with Crippen molar-refractivity contribution in [3.05, 3.63) is 107 Å². The number of rotatable bonds is 9. The van der Waals surface area contributed by atoms with Gasteiger partial charge < -0.3 is 15.8 Å². The molecule has 32 heavy (non-hydrogen) atoms. The van der Waals surface area contributed by atoms with Gasteiger partial charge in [0.05, 0.1) is 6.04 Å². The maximum atomic E-state index is 10.5. The molecule has 168 valence electrons. The summed E-state index contributed by atoms with van der Waals surface area (Å²) in [6, 6.07) is 29.9. The average Bonchev–Trinajstić information content (AvgIpc) is 2.85. The lowest BCUT2D eigenvalue weighted by Crippen LogP contribution is -2.36. The third-order valence-electron chi connectivity index (χ3n) is 6.04. The molecule has 0 aliphatic carbocycles. The first-order valence-corrected chi connectivity index (χ1v) is 11.8. The Morgan fingerprint density at radius 1 is 0.781 bits per heavy atom. The van der Waals surface area contributed by atoms with Crippen molar-refractivity contribution in [1.29, 1.82) is 0 Å². The summed E-state index contributed by atoms with van der Waals surface area (Å²) in [6.45, 7) is 0.819. The summed E-state index contributed by atoms with van der Waals surface area (Å²) in [5.74, 6) is 0. The number of aldehydes is 1. The van der Waals surface area contributed by atoms with Gasteiger partial charge in [-0.05, 0) is 67.2 Å². The van der Waals surface area contributed by atoms with Crippen LogP contribution in [0.5, 0.6) is 0 Å². The maximum Gasteiger partial charge on any atom is 0.137 e. The second kappa shape index (κ2) is 13.6. The Morgan fingerprint density at radius 2 is 1.28 bits per heavy atom. The number of hydrogen-bond donors (Lipinski definition) is 2. The molecule has 1 aliphatic heterocycles. The molecule has 1 aliphatic rings. The zero-order valence-corrected chi connectivity index (χ0v) is 19.0. The van der Waals surface area contributed by atoms with Crippen molar-refractivity contribution in [1.82, 2.24) is 5.32 Å². The Balaban J connectivity index is 0.000000204. The minimum atomic E-state index is 0.0138. The first kappa shape index (κ1) is 23.9. The second-order valence-corrected chi connectivity index (χ2v) is 8.61. The summed E-state index contributed by atoms with van der Waals surface area (Å²) in [5.41, 5.74) is 11.7. The molecule has 4 rings (SSSR count). The van der Waals surface area contributed by atoms with E-state index in [1.54, 1.807) is 0 Å². The Hall–Kier alpha value is -2.75. The van der Waals surface area contributed by atoms with E-state index < -0.39 is 0 Å². The predicted octanol–water partition coefficient (Wildman–Crippen LogP) is 5.26. The van der Waals surface area contributed by atoms with Crippen molar-refractivity contribution in [2.75, 3.05) is 0 Å². The molecule has 3 aromatic carbocycles. The van der Waals surface area contributed by atoms with Crippen LogP contribution in [-0.2, 0) is 30.6 Å². The Bertz CT molecular complexity index is 865. The van der Waals surface area contributed by atoms with Crippen LogP contribution in [0.15, 0.2) is 84.9 Å². The van der Waals surface area contributed by atoms with E-state index in [-0.39, 0.29) is 6.04 Å². The number of aryl methyl sites for hydroxylation is 2. The number of hydrogen-bond acceptors (Lipinski definition) is 3. The van der Waals surface area contributed by atoms with Crippen LogP contribution in [0.1, 0.15) is 47.9 Å². The third-order valence-corrected chi connectivity index (χ3v) is 6.04. The van der Waals surface area contributed by atoms with Gasteiger partial charge in [-0.3, -0.25) is 0 Å². The van der Waals surface area contributed by atoms with Gasteiger partial charge in [-0.25, -0.2) is 0 Å². The van der Waals surface area contributed by atoms with E-state index in [0.29, 0.717) is 6.04 Å². The van der Waals surface area contributed by atoms with Crippen LogP contribution in [0.4, 0.5) is 0 Å². The molecule has 0 radical (unpaired) electrons.